The van der Waals surface area contributed by atoms with Gasteiger partial charge in [0, 0.05) is 30.3 Å². The summed E-state index contributed by atoms with van der Waals surface area (Å²) in [5, 5.41) is 4.23. The lowest BCUT2D eigenvalue weighted by Crippen LogP contribution is -2.17. The van der Waals surface area contributed by atoms with Gasteiger partial charge in [-0.1, -0.05) is 18.2 Å². The Labute approximate surface area is 117 Å². The summed E-state index contributed by atoms with van der Waals surface area (Å²) in [4.78, 5) is 13.5. The third kappa shape index (κ3) is 2.59. The van der Waals surface area contributed by atoms with Gasteiger partial charge in [0.15, 0.2) is 0 Å². The van der Waals surface area contributed by atoms with Gasteiger partial charge >= 0.3 is 0 Å². The van der Waals surface area contributed by atoms with Crippen LogP contribution in [0.25, 0.3) is 0 Å². The monoisotopic (exact) mass is 272 g/mol. The third-order valence-electron chi connectivity index (χ3n) is 3.56. The summed E-state index contributed by atoms with van der Waals surface area (Å²) >= 11 is 1.71. The van der Waals surface area contributed by atoms with Crippen molar-refractivity contribution >= 4 is 17.5 Å². The fourth-order valence-corrected chi connectivity index (χ4v) is 3.70. The van der Waals surface area contributed by atoms with Crippen LogP contribution in [0.2, 0.25) is 0 Å². The van der Waals surface area contributed by atoms with Gasteiger partial charge in [0.25, 0.3) is 0 Å². The quantitative estimate of drug-likeness (QED) is 0.858. The standard InChI is InChI=1S/C15H16N2OS/c1-17-12(8-9-16-17)6-7-13(18)15-10-11-4-2-3-5-14(11)19-15/h2-5,8-9,15H,6-7,10H2,1H3. The van der Waals surface area contributed by atoms with E-state index in [0.29, 0.717) is 12.2 Å². The van der Waals surface area contributed by atoms with Gasteiger partial charge in [0.2, 0.25) is 0 Å². The first-order valence-electron chi connectivity index (χ1n) is 6.48. The molecule has 1 aliphatic heterocycles. The highest BCUT2D eigenvalue weighted by atomic mass is 32.2. The molecule has 0 spiro atoms. The van der Waals surface area contributed by atoms with Crippen molar-refractivity contribution in [1.82, 2.24) is 9.78 Å². The van der Waals surface area contributed by atoms with Crippen molar-refractivity contribution in [3.63, 3.8) is 0 Å². The summed E-state index contributed by atoms with van der Waals surface area (Å²) in [6.45, 7) is 0. The first kappa shape index (κ1) is 12.5. The molecular formula is C15H16N2OS. The Bertz CT molecular complexity index is 581. The molecule has 3 nitrogen and oxygen atoms in total. The number of aromatic nitrogens is 2. The lowest BCUT2D eigenvalue weighted by Gasteiger charge is -2.07. The molecule has 0 amide bonds. The predicted octanol–water partition coefficient (Wildman–Crippen LogP) is 2.64. The molecule has 0 N–H and O–H groups in total. The van der Waals surface area contributed by atoms with E-state index in [-0.39, 0.29) is 5.25 Å². The van der Waals surface area contributed by atoms with Crippen LogP contribution in [-0.4, -0.2) is 20.8 Å². The van der Waals surface area contributed by atoms with Crippen molar-refractivity contribution in [3.05, 3.63) is 47.8 Å². The van der Waals surface area contributed by atoms with Gasteiger partial charge in [0.05, 0.1) is 5.25 Å². The molecule has 1 aromatic heterocycles. The minimum Gasteiger partial charge on any atom is -0.298 e. The Kier molecular flexibility index (Phi) is 3.42. The second-order valence-corrected chi connectivity index (χ2v) is 6.08. The molecule has 0 saturated carbocycles. The second kappa shape index (κ2) is 5.21. The van der Waals surface area contributed by atoms with Crippen molar-refractivity contribution in [3.8, 4) is 0 Å². The van der Waals surface area contributed by atoms with Crippen LogP contribution in [-0.2, 0) is 24.7 Å². The minimum absolute atomic E-state index is 0.102. The number of fused-ring (bicyclic) bond motifs is 1. The van der Waals surface area contributed by atoms with Crippen LogP contribution in [0.5, 0.6) is 0 Å². The van der Waals surface area contributed by atoms with E-state index in [1.165, 1.54) is 10.5 Å². The van der Waals surface area contributed by atoms with Crippen LogP contribution in [0.3, 0.4) is 0 Å². The number of ketones is 1. The molecule has 0 bridgehead atoms. The molecule has 98 valence electrons. The topological polar surface area (TPSA) is 34.9 Å². The van der Waals surface area contributed by atoms with Crippen LogP contribution < -0.4 is 0 Å². The molecule has 1 unspecified atom stereocenters. The Morgan fingerprint density at radius 1 is 1.42 bits per heavy atom. The Balaban J connectivity index is 1.60. The highest BCUT2D eigenvalue weighted by molar-refractivity contribution is 8.01. The number of thioether (sulfide) groups is 1. The second-order valence-electron chi connectivity index (χ2n) is 4.83. The Hall–Kier alpha value is -1.55. The molecule has 0 fully saturated rings. The summed E-state index contributed by atoms with van der Waals surface area (Å²) in [6.07, 6.45) is 4.04. The van der Waals surface area contributed by atoms with Gasteiger partial charge in [-0.15, -0.1) is 11.8 Å². The summed E-state index contributed by atoms with van der Waals surface area (Å²) in [7, 11) is 1.92. The van der Waals surface area contributed by atoms with Crippen molar-refractivity contribution in [1.29, 1.82) is 0 Å². The number of carbonyl (C=O) groups is 1. The fourth-order valence-electron chi connectivity index (χ4n) is 2.42. The SMILES string of the molecule is Cn1nccc1CCC(=O)C1Cc2ccccc2S1. The summed E-state index contributed by atoms with van der Waals surface area (Å²) in [5.74, 6) is 0.349. The van der Waals surface area contributed by atoms with Crippen molar-refractivity contribution in [2.75, 3.05) is 0 Å². The van der Waals surface area contributed by atoms with Gasteiger partial charge in [-0.2, -0.15) is 5.10 Å². The Morgan fingerprint density at radius 2 is 2.26 bits per heavy atom. The van der Waals surface area contributed by atoms with E-state index >= 15 is 0 Å². The molecule has 3 rings (SSSR count). The maximum Gasteiger partial charge on any atom is 0.146 e. The van der Waals surface area contributed by atoms with Crippen molar-refractivity contribution < 1.29 is 4.79 Å². The molecule has 0 radical (unpaired) electrons. The molecule has 1 aliphatic rings. The third-order valence-corrected chi connectivity index (χ3v) is 4.92. The number of Topliss-reactive ketones (excluding diaryl/α,β-unsaturated/α-hetero) is 1. The van der Waals surface area contributed by atoms with E-state index in [0.717, 1.165) is 18.5 Å². The lowest BCUT2D eigenvalue weighted by molar-refractivity contribution is -0.118. The zero-order valence-electron chi connectivity index (χ0n) is 10.9. The van der Waals surface area contributed by atoms with Crippen molar-refractivity contribution in [2.45, 2.75) is 29.4 Å². The van der Waals surface area contributed by atoms with Crippen molar-refractivity contribution in [2.24, 2.45) is 7.05 Å². The molecule has 19 heavy (non-hydrogen) atoms. The first-order chi connectivity index (χ1) is 9.24. The zero-order valence-corrected chi connectivity index (χ0v) is 11.7. The highest BCUT2D eigenvalue weighted by Gasteiger charge is 2.27. The largest absolute Gasteiger partial charge is 0.298 e. The highest BCUT2D eigenvalue weighted by Crippen LogP contribution is 2.37. The van der Waals surface area contributed by atoms with Gasteiger partial charge in [-0.3, -0.25) is 9.48 Å². The molecule has 2 heterocycles. The van der Waals surface area contributed by atoms with Crippen LogP contribution in [0.15, 0.2) is 41.4 Å². The van der Waals surface area contributed by atoms with E-state index in [1.54, 1.807) is 18.0 Å². The van der Waals surface area contributed by atoms with Crippen LogP contribution >= 0.6 is 11.8 Å². The van der Waals surface area contributed by atoms with E-state index in [4.69, 9.17) is 0 Å². The van der Waals surface area contributed by atoms with E-state index in [2.05, 4.69) is 17.2 Å². The van der Waals surface area contributed by atoms with Crippen LogP contribution in [0.4, 0.5) is 0 Å². The number of hydrogen-bond acceptors (Lipinski definition) is 3. The molecule has 1 atom stereocenters. The molecule has 4 heteroatoms. The smallest absolute Gasteiger partial charge is 0.146 e. The predicted molar refractivity (Wildman–Crippen MR) is 76.3 cm³/mol. The molecule has 0 aliphatic carbocycles. The molecule has 2 aromatic rings. The Morgan fingerprint density at radius 3 is 3.00 bits per heavy atom. The van der Waals surface area contributed by atoms with Gasteiger partial charge in [0.1, 0.15) is 5.78 Å². The summed E-state index contributed by atoms with van der Waals surface area (Å²) in [5.41, 5.74) is 2.43. The molecule has 0 saturated heterocycles. The maximum absolute atomic E-state index is 12.3. The summed E-state index contributed by atoms with van der Waals surface area (Å²) < 4.78 is 1.84. The van der Waals surface area contributed by atoms with Gasteiger partial charge in [-0.05, 0) is 30.5 Å². The number of rotatable bonds is 4. The van der Waals surface area contributed by atoms with Gasteiger partial charge in [-0.25, -0.2) is 0 Å². The first-order valence-corrected chi connectivity index (χ1v) is 7.36. The van der Waals surface area contributed by atoms with E-state index in [1.807, 2.05) is 29.9 Å². The zero-order chi connectivity index (χ0) is 13.2. The maximum atomic E-state index is 12.3. The number of aryl methyl sites for hydroxylation is 2. The van der Waals surface area contributed by atoms with E-state index in [9.17, 15) is 4.79 Å². The number of nitrogens with zero attached hydrogens (tertiary/aromatic N) is 2. The average Bonchev–Trinajstić information content (AvgIpc) is 3.01. The summed E-state index contributed by atoms with van der Waals surface area (Å²) in [6, 6.07) is 10.3. The lowest BCUT2D eigenvalue weighted by atomic mass is 10.0. The number of benzene rings is 1. The molecular weight excluding hydrogens is 256 g/mol. The van der Waals surface area contributed by atoms with Crippen LogP contribution in [0, 0.1) is 0 Å². The average molecular weight is 272 g/mol. The van der Waals surface area contributed by atoms with Crippen LogP contribution in [0.1, 0.15) is 17.7 Å². The van der Waals surface area contributed by atoms with Gasteiger partial charge < -0.3 is 0 Å². The number of hydrogen-bond donors (Lipinski definition) is 0. The normalized spacial score (nSPS) is 17.4. The fraction of sp³-hybridized carbons (Fsp3) is 0.333. The molecule has 1 aromatic carbocycles. The number of carbonyl (C=O) groups excluding carboxylic acids is 1. The minimum atomic E-state index is 0.102. The van der Waals surface area contributed by atoms with E-state index < -0.39 is 0 Å².